The molecule has 4 heterocycles. The van der Waals surface area contributed by atoms with E-state index in [1.165, 1.54) is 0 Å². The molecule has 2 aliphatic heterocycles. The van der Waals surface area contributed by atoms with Crippen LogP contribution >= 0.6 is 0 Å². The molecule has 1 fully saturated rings. The Labute approximate surface area is 163 Å². The van der Waals surface area contributed by atoms with E-state index in [1.807, 2.05) is 18.2 Å². The highest BCUT2D eigenvalue weighted by molar-refractivity contribution is 6.10. The normalized spacial score (nSPS) is 16.6. The van der Waals surface area contributed by atoms with E-state index >= 15 is 0 Å². The molecule has 6 nitrogen and oxygen atoms in total. The molecule has 6 heteroatoms. The van der Waals surface area contributed by atoms with Gasteiger partial charge in [0.05, 0.1) is 13.2 Å². The van der Waals surface area contributed by atoms with E-state index in [9.17, 15) is 0 Å². The van der Waals surface area contributed by atoms with Crippen molar-refractivity contribution in [1.82, 2.24) is 9.97 Å². The summed E-state index contributed by atoms with van der Waals surface area (Å²) >= 11 is 0. The van der Waals surface area contributed by atoms with Gasteiger partial charge in [-0.15, -0.1) is 0 Å². The van der Waals surface area contributed by atoms with E-state index in [0.29, 0.717) is 24.9 Å². The van der Waals surface area contributed by atoms with Crippen molar-refractivity contribution in [3.63, 3.8) is 0 Å². The van der Waals surface area contributed by atoms with E-state index in [-0.39, 0.29) is 0 Å². The number of benzene rings is 1. The molecule has 0 bridgehead atoms. The van der Waals surface area contributed by atoms with Crippen LogP contribution in [0.15, 0.2) is 53.8 Å². The lowest BCUT2D eigenvalue weighted by Crippen LogP contribution is -2.21. The third-order valence-corrected chi connectivity index (χ3v) is 5.31. The molecule has 28 heavy (non-hydrogen) atoms. The van der Waals surface area contributed by atoms with Crippen molar-refractivity contribution < 1.29 is 9.47 Å². The van der Waals surface area contributed by atoms with Gasteiger partial charge in [-0.05, 0) is 54.5 Å². The molecule has 0 amide bonds. The summed E-state index contributed by atoms with van der Waals surface area (Å²) in [6.45, 7) is 3.02. The summed E-state index contributed by atoms with van der Waals surface area (Å²) in [4.78, 5) is 13.5. The zero-order valence-corrected chi connectivity index (χ0v) is 15.6. The van der Waals surface area contributed by atoms with Gasteiger partial charge in [-0.2, -0.15) is 0 Å². The number of ether oxygens (including phenoxy) is 2. The molecule has 0 spiro atoms. The van der Waals surface area contributed by atoms with Crippen LogP contribution in [0.1, 0.15) is 24.1 Å². The summed E-state index contributed by atoms with van der Waals surface area (Å²) in [6, 6.07) is 12.2. The Hall–Kier alpha value is -2.99. The van der Waals surface area contributed by atoms with Crippen LogP contribution in [0.3, 0.4) is 0 Å². The molecule has 1 N–H and O–H groups in total. The Morgan fingerprint density at radius 2 is 2.00 bits per heavy atom. The number of aromatic nitrogens is 2. The van der Waals surface area contributed by atoms with Gasteiger partial charge in [0, 0.05) is 42.2 Å². The first-order valence-electron chi connectivity index (χ1n) is 9.72. The van der Waals surface area contributed by atoms with Crippen LogP contribution in [0.2, 0.25) is 0 Å². The van der Waals surface area contributed by atoms with E-state index in [0.717, 1.165) is 59.6 Å². The van der Waals surface area contributed by atoms with Gasteiger partial charge in [-0.3, -0.25) is 9.98 Å². The second-order valence-corrected chi connectivity index (χ2v) is 7.22. The molecule has 142 valence electrons. The average molecular weight is 374 g/mol. The van der Waals surface area contributed by atoms with E-state index in [4.69, 9.17) is 9.47 Å². The maximum Gasteiger partial charge on any atom is 0.221 e. The van der Waals surface area contributed by atoms with Crippen LogP contribution in [0.25, 0.3) is 10.8 Å². The van der Waals surface area contributed by atoms with Crippen molar-refractivity contribution in [3.8, 4) is 5.88 Å². The van der Waals surface area contributed by atoms with Crippen molar-refractivity contribution in [2.45, 2.75) is 19.4 Å². The summed E-state index contributed by atoms with van der Waals surface area (Å²) < 4.78 is 11.5. The number of amidine groups is 1. The van der Waals surface area contributed by atoms with Crippen molar-refractivity contribution in [3.05, 3.63) is 60.0 Å². The third kappa shape index (κ3) is 3.43. The van der Waals surface area contributed by atoms with Crippen LogP contribution in [0.5, 0.6) is 5.88 Å². The Morgan fingerprint density at radius 3 is 2.93 bits per heavy atom. The van der Waals surface area contributed by atoms with E-state index < -0.39 is 0 Å². The van der Waals surface area contributed by atoms with Gasteiger partial charge < -0.3 is 14.8 Å². The van der Waals surface area contributed by atoms with Crippen LogP contribution in [0, 0.1) is 5.92 Å². The quantitative estimate of drug-likeness (QED) is 0.752. The lowest BCUT2D eigenvalue weighted by atomic mass is 10.0. The Balaban J connectivity index is 1.34. The fourth-order valence-corrected chi connectivity index (χ4v) is 3.71. The Morgan fingerprint density at radius 1 is 1.07 bits per heavy atom. The topological polar surface area (TPSA) is 68.6 Å². The van der Waals surface area contributed by atoms with Gasteiger partial charge in [0.1, 0.15) is 5.69 Å². The molecule has 0 radical (unpaired) electrons. The number of nitrogens with zero attached hydrogens (tertiary/aromatic N) is 3. The lowest BCUT2D eigenvalue weighted by Gasteiger charge is -2.22. The van der Waals surface area contributed by atoms with Crippen molar-refractivity contribution >= 4 is 22.3 Å². The lowest BCUT2D eigenvalue weighted by molar-refractivity contribution is 0.0493. The number of nitrogens with one attached hydrogen (secondary N) is 1. The van der Waals surface area contributed by atoms with E-state index in [1.54, 1.807) is 12.4 Å². The fraction of sp³-hybridized carbons (Fsp3) is 0.318. The van der Waals surface area contributed by atoms with Crippen LogP contribution in [-0.4, -0.2) is 35.6 Å². The van der Waals surface area contributed by atoms with Crippen LogP contribution < -0.4 is 10.1 Å². The first-order chi connectivity index (χ1) is 13.9. The Bertz CT molecular complexity index is 1030. The fourth-order valence-electron chi connectivity index (χ4n) is 3.71. The molecule has 2 aromatic heterocycles. The van der Waals surface area contributed by atoms with Gasteiger partial charge in [-0.25, -0.2) is 4.98 Å². The zero-order valence-electron chi connectivity index (χ0n) is 15.6. The number of hydrogen-bond acceptors (Lipinski definition) is 6. The number of aliphatic imine (C=N–C) groups is 1. The molecule has 0 saturated carbocycles. The smallest absolute Gasteiger partial charge is 0.221 e. The molecule has 5 rings (SSSR count). The summed E-state index contributed by atoms with van der Waals surface area (Å²) in [5.74, 6) is 2.06. The summed E-state index contributed by atoms with van der Waals surface area (Å²) in [6.07, 6.45) is 5.71. The highest BCUT2D eigenvalue weighted by Crippen LogP contribution is 2.28. The molecule has 1 aromatic carbocycles. The average Bonchev–Trinajstić information content (AvgIpc) is 3.16. The maximum atomic E-state index is 6.06. The molecule has 0 atom stereocenters. The molecule has 0 unspecified atom stereocenters. The number of anilines is 1. The molecular formula is C22H22N4O2. The molecule has 0 aliphatic carbocycles. The van der Waals surface area contributed by atoms with Gasteiger partial charge >= 0.3 is 0 Å². The first kappa shape index (κ1) is 17.1. The predicted molar refractivity (Wildman–Crippen MR) is 109 cm³/mol. The minimum Gasteiger partial charge on any atom is -0.477 e. The summed E-state index contributed by atoms with van der Waals surface area (Å²) in [5.41, 5.74) is 3.06. The summed E-state index contributed by atoms with van der Waals surface area (Å²) in [5, 5.41) is 5.51. The zero-order chi connectivity index (χ0) is 18.8. The predicted octanol–water partition coefficient (Wildman–Crippen LogP) is 3.81. The van der Waals surface area contributed by atoms with Crippen LogP contribution in [-0.2, 0) is 11.3 Å². The standard InChI is InChI=1S/C22H22N4O2/c1-2-17-13-25-21(20(17)23-8-1)26-18-3-4-19-16(12-18)5-9-24-22(19)28-14-15-6-10-27-11-7-15/h1-5,8-9,12,15H,6-7,10-11,13-14H2,(H,25,26). The van der Waals surface area contributed by atoms with Crippen molar-refractivity contribution in [1.29, 1.82) is 0 Å². The minimum atomic E-state index is 0.541. The number of rotatable bonds is 4. The van der Waals surface area contributed by atoms with Crippen molar-refractivity contribution in [2.24, 2.45) is 10.9 Å². The largest absolute Gasteiger partial charge is 0.477 e. The monoisotopic (exact) mass is 374 g/mol. The molecule has 3 aromatic rings. The van der Waals surface area contributed by atoms with Gasteiger partial charge in [0.15, 0.2) is 5.84 Å². The SMILES string of the molecule is c1cnc2c(c1)CN=C2Nc1ccc2c(OCC3CCOCC3)nccc2c1. The first-order valence-corrected chi connectivity index (χ1v) is 9.72. The second-order valence-electron chi connectivity index (χ2n) is 7.22. The minimum absolute atomic E-state index is 0.541. The summed E-state index contributed by atoms with van der Waals surface area (Å²) in [7, 11) is 0. The molecule has 2 aliphatic rings. The number of hydrogen-bond donors (Lipinski definition) is 1. The van der Waals surface area contributed by atoms with Gasteiger partial charge in [-0.1, -0.05) is 6.07 Å². The highest BCUT2D eigenvalue weighted by atomic mass is 16.5. The third-order valence-electron chi connectivity index (χ3n) is 5.31. The highest BCUT2D eigenvalue weighted by Gasteiger charge is 2.18. The van der Waals surface area contributed by atoms with Gasteiger partial charge in [0.2, 0.25) is 5.88 Å². The Kier molecular flexibility index (Phi) is 4.62. The van der Waals surface area contributed by atoms with E-state index in [2.05, 4.69) is 38.5 Å². The number of pyridine rings is 2. The molecule has 1 saturated heterocycles. The molecular weight excluding hydrogens is 352 g/mol. The maximum absolute atomic E-state index is 6.06. The number of fused-ring (bicyclic) bond motifs is 2. The van der Waals surface area contributed by atoms with Gasteiger partial charge in [0.25, 0.3) is 0 Å². The van der Waals surface area contributed by atoms with Crippen LogP contribution in [0.4, 0.5) is 5.69 Å². The second kappa shape index (κ2) is 7.56. The van der Waals surface area contributed by atoms with Crippen molar-refractivity contribution in [2.75, 3.05) is 25.1 Å².